The summed E-state index contributed by atoms with van der Waals surface area (Å²) in [5.41, 5.74) is 1.22. The molecule has 1 aromatic carbocycles. The van der Waals surface area contributed by atoms with E-state index < -0.39 is 0 Å². The molecule has 1 aliphatic heterocycles. The van der Waals surface area contributed by atoms with Gasteiger partial charge in [-0.05, 0) is 24.3 Å². The number of aromatic nitrogens is 4. The number of nitrogens with one attached hydrogen (secondary N) is 1. The summed E-state index contributed by atoms with van der Waals surface area (Å²) < 4.78 is 15.4. The fourth-order valence-electron chi connectivity index (χ4n) is 3.17. The Kier molecular flexibility index (Phi) is 3.37. The van der Waals surface area contributed by atoms with Crippen molar-refractivity contribution < 1.29 is 9.18 Å². The zero-order valence-corrected chi connectivity index (χ0v) is 13.6. The van der Waals surface area contributed by atoms with Crippen molar-refractivity contribution in [1.29, 1.82) is 0 Å². The van der Waals surface area contributed by atoms with E-state index in [2.05, 4.69) is 33.6 Å². The minimum absolute atomic E-state index is 0.105. The molecule has 0 saturated carbocycles. The van der Waals surface area contributed by atoms with E-state index in [-0.39, 0.29) is 11.7 Å². The van der Waals surface area contributed by atoms with Gasteiger partial charge >= 0.3 is 0 Å². The third-order valence-electron chi connectivity index (χ3n) is 4.40. The zero-order chi connectivity index (χ0) is 16.8. The van der Waals surface area contributed by atoms with Crippen molar-refractivity contribution in [3.63, 3.8) is 0 Å². The average molecular weight is 327 g/mol. The number of benzene rings is 1. The van der Waals surface area contributed by atoms with Crippen LogP contribution in [0.1, 0.15) is 41.9 Å². The number of aromatic amines is 1. The van der Waals surface area contributed by atoms with Crippen LogP contribution in [0.5, 0.6) is 0 Å². The van der Waals surface area contributed by atoms with Gasteiger partial charge < -0.3 is 14.5 Å². The highest BCUT2D eigenvalue weighted by Crippen LogP contribution is 2.21. The molecule has 0 spiro atoms. The lowest BCUT2D eigenvalue weighted by atomic mass is 10.2. The Morgan fingerprint density at radius 1 is 1.25 bits per heavy atom. The molecule has 4 rings (SSSR count). The van der Waals surface area contributed by atoms with Gasteiger partial charge in [-0.25, -0.2) is 4.39 Å². The van der Waals surface area contributed by atoms with Crippen molar-refractivity contribution in [2.45, 2.75) is 32.9 Å². The molecule has 0 fully saturated rings. The van der Waals surface area contributed by atoms with Crippen LogP contribution < -0.4 is 0 Å². The summed E-state index contributed by atoms with van der Waals surface area (Å²) in [6, 6.07) is 6.14. The third kappa shape index (κ3) is 2.36. The monoisotopic (exact) mass is 327 g/mol. The van der Waals surface area contributed by atoms with Gasteiger partial charge in [0.05, 0.1) is 6.54 Å². The minimum atomic E-state index is -0.312. The Morgan fingerprint density at radius 2 is 2.08 bits per heavy atom. The van der Waals surface area contributed by atoms with Gasteiger partial charge in [-0.3, -0.25) is 4.79 Å². The van der Waals surface area contributed by atoms with Gasteiger partial charge in [0.25, 0.3) is 5.91 Å². The fourth-order valence-corrected chi connectivity index (χ4v) is 3.17. The summed E-state index contributed by atoms with van der Waals surface area (Å²) in [5, 5.41) is 9.15. The Bertz CT molecular complexity index is 926. The number of rotatable bonds is 2. The summed E-state index contributed by atoms with van der Waals surface area (Å²) in [6.07, 6.45) is 0. The van der Waals surface area contributed by atoms with Crippen LogP contribution in [0.2, 0.25) is 0 Å². The van der Waals surface area contributed by atoms with Crippen molar-refractivity contribution >= 4 is 16.8 Å². The molecule has 1 amide bonds. The summed E-state index contributed by atoms with van der Waals surface area (Å²) in [4.78, 5) is 17.6. The minimum Gasteiger partial charge on any atom is -0.351 e. The number of carbonyl (C=O) groups excluding carboxylic acids is 1. The first-order valence-electron chi connectivity index (χ1n) is 8.02. The molecule has 0 atom stereocenters. The largest absolute Gasteiger partial charge is 0.351 e. The van der Waals surface area contributed by atoms with Crippen LogP contribution in [0.4, 0.5) is 4.39 Å². The quantitative estimate of drug-likeness (QED) is 0.787. The Hall–Kier alpha value is -2.70. The molecule has 3 aromatic rings. The maximum Gasteiger partial charge on any atom is 0.270 e. The van der Waals surface area contributed by atoms with E-state index in [1.54, 1.807) is 17.0 Å². The van der Waals surface area contributed by atoms with E-state index in [0.717, 1.165) is 17.2 Å². The summed E-state index contributed by atoms with van der Waals surface area (Å²) in [7, 11) is 0. The maximum atomic E-state index is 13.3. The van der Waals surface area contributed by atoms with E-state index in [0.29, 0.717) is 36.6 Å². The summed E-state index contributed by atoms with van der Waals surface area (Å²) in [6.45, 7) is 5.89. The van der Waals surface area contributed by atoms with Gasteiger partial charge in [-0.1, -0.05) is 13.8 Å². The molecule has 1 aliphatic rings. The highest BCUT2D eigenvalue weighted by atomic mass is 19.1. The highest BCUT2D eigenvalue weighted by molar-refractivity contribution is 5.98. The van der Waals surface area contributed by atoms with Crippen molar-refractivity contribution in [2.75, 3.05) is 6.54 Å². The molecule has 0 saturated heterocycles. The van der Waals surface area contributed by atoms with Crippen LogP contribution >= 0.6 is 0 Å². The standard InChI is InChI=1S/C17H18FN5O/c1-10(2)16-21-20-15-9-22(5-6-23(15)16)17(24)14-8-11-7-12(18)3-4-13(11)19-14/h3-4,7-8,10,19H,5-6,9H2,1-2H3. The van der Waals surface area contributed by atoms with Gasteiger partial charge in [0.2, 0.25) is 0 Å². The van der Waals surface area contributed by atoms with Gasteiger partial charge in [0.15, 0.2) is 5.82 Å². The molecule has 7 heteroatoms. The smallest absolute Gasteiger partial charge is 0.270 e. The number of fused-ring (bicyclic) bond motifs is 2. The third-order valence-corrected chi connectivity index (χ3v) is 4.40. The first-order chi connectivity index (χ1) is 11.5. The van der Waals surface area contributed by atoms with E-state index in [1.807, 2.05) is 0 Å². The van der Waals surface area contributed by atoms with Gasteiger partial charge in [0, 0.05) is 29.9 Å². The number of hydrogen-bond donors (Lipinski definition) is 1. The van der Waals surface area contributed by atoms with Gasteiger partial charge in [-0.15, -0.1) is 10.2 Å². The van der Waals surface area contributed by atoms with Crippen LogP contribution in [0, 0.1) is 5.82 Å². The lowest BCUT2D eigenvalue weighted by Gasteiger charge is -2.27. The molecule has 3 heterocycles. The highest BCUT2D eigenvalue weighted by Gasteiger charge is 2.26. The van der Waals surface area contributed by atoms with E-state index in [9.17, 15) is 9.18 Å². The first-order valence-corrected chi connectivity index (χ1v) is 8.02. The lowest BCUT2D eigenvalue weighted by Crippen LogP contribution is -2.39. The first kappa shape index (κ1) is 14.9. The van der Waals surface area contributed by atoms with Gasteiger partial charge in [-0.2, -0.15) is 0 Å². The van der Waals surface area contributed by atoms with Crippen molar-refractivity contribution in [2.24, 2.45) is 0 Å². The Labute approximate surface area is 138 Å². The van der Waals surface area contributed by atoms with E-state index in [1.165, 1.54) is 12.1 Å². The number of H-pyrrole nitrogens is 1. The number of halogens is 1. The topological polar surface area (TPSA) is 66.8 Å². The second kappa shape index (κ2) is 5.43. The normalized spacial score (nSPS) is 14.4. The van der Waals surface area contributed by atoms with Crippen LogP contribution in [0.15, 0.2) is 24.3 Å². The second-order valence-corrected chi connectivity index (χ2v) is 6.42. The molecule has 2 aromatic heterocycles. The molecule has 24 heavy (non-hydrogen) atoms. The average Bonchev–Trinajstić information content (AvgIpc) is 3.16. The van der Waals surface area contributed by atoms with Crippen LogP contribution in [-0.2, 0) is 13.1 Å². The number of nitrogens with zero attached hydrogens (tertiary/aromatic N) is 4. The van der Waals surface area contributed by atoms with E-state index in [4.69, 9.17) is 0 Å². The van der Waals surface area contributed by atoms with Crippen LogP contribution in [0.25, 0.3) is 10.9 Å². The number of hydrogen-bond acceptors (Lipinski definition) is 3. The Morgan fingerprint density at radius 3 is 2.88 bits per heavy atom. The molecule has 0 aliphatic carbocycles. The van der Waals surface area contributed by atoms with Crippen LogP contribution in [0.3, 0.4) is 0 Å². The predicted octanol–water partition coefficient (Wildman–Crippen LogP) is 2.68. The van der Waals surface area contributed by atoms with Crippen molar-refractivity contribution in [3.8, 4) is 0 Å². The zero-order valence-electron chi connectivity index (χ0n) is 13.6. The predicted molar refractivity (Wildman–Crippen MR) is 87.1 cm³/mol. The van der Waals surface area contributed by atoms with Gasteiger partial charge in [0.1, 0.15) is 17.3 Å². The second-order valence-electron chi connectivity index (χ2n) is 6.42. The fraction of sp³-hybridized carbons (Fsp3) is 0.353. The van der Waals surface area contributed by atoms with E-state index >= 15 is 0 Å². The Balaban J connectivity index is 1.60. The molecule has 124 valence electrons. The molecule has 6 nitrogen and oxygen atoms in total. The molecule has 1 N–H and O–H groups in total. The molecule has 0 radical (unpaired) electrons. The molecular weight excluding hydrogens is 309 g/mol. The number of amides is 1. The van der Waals surface area contributed by atoms with Crippen molar-refractivity contribution in [3.05, 3.63) is 47.4 Å². The summed E-state index contributed by atoms with van der Waals surface area (Å²) >= 11 is 0. The van der Waals surface area contributed by atoms with Crippen molar-refractivity contribution in [1.82, 2.24) is 24.6 Å². The number of carbonyl (C=O) groups is 1. The lowest BCUT2D eigenvalue weighted by molar-refractivity contribution is 0.0701. The summed E-state index contributed by atoms with van der Waals surface area (Å²) in [5.74, 6) is 1.65. The maximum absolute atomic E-state index is 13.3. The molecule has 0 bridgehead atoms. The van der Waals surface area contributed by atoms with Crippen LogP contribution in [-0.4, -0.2) is 37.1 Å². The molecule has 0 unspecified atom stereocenters. The SMILES string of the molecule is CC(C)c1nnc2n1CCN(C(=O)c1cc3cc(F)ccc3[nH]1)C2. The molecular formula is C17H18FN5O.